The molecule has 2 aromatic rings. The van der Waals surface area contributed by atoms with Gasteiger partial charge in [0.2, 0.25) is 0 Å². The smallest absolute Gasteiger partial charge is 0.315 e. The average molecular weight is 322 g/mol. The molecule has 2 aromatic heterocycles. The number of amides is 2. The monoisotopic (exact) mass is 322 g/mol. The predicted octanol–water partition coefficient (Wildman–Crippen LogP) is 2.97. The molecule has 0 saturated heterocycles. The molecule has 2 rings (SSSR count). The van der Waals surface area contributed by atoms with E-state index < -0.39 is 5.60 Å². The summed E-state index contributed by atoms with van der Waals surface area (Å²) in [5.41, 5.74) is 0.694. The molecule has 2 heterocycles. The Morgan fingerprint density at radius 2 is 2.09 bits per heavy atom. The summed E-state index contributed by atoms with van der Waals surface area (Å²) in [6.45, 7) is 7.91. The highest BCUT2D eigenvalue weighted by Gasteiger charge is 2.28. The quantitative estimate of drug-likeness (QED) is 0.792. The number of carbonyl (C=O) groups excluding carboxylic acids is 1. The number of nitrogens with one attached hydrogen (secondary N) is 2. The molecule has 6 heteroatoms. The fraction of sp³-hybridized carbons (Fsp3) is 0.438. The Morgan fingerprint density at radius 1 is 1.36 bits per heavy atom. The largest absolute Gasteiger partial charge is 0.466 e. The Labute approximate surface area is 134 Å². The van der Waals surface area contributed by atoms with Gasteiger partial charge in [0.1, 0.15) is 17.1 Å². The van der Waals surface area contributed by atoms with Crippen LogP contribution in [0, 0.1) is 20.8 Å². The van der Waals surface area contributed by atoms with Gasteiger partial charge in [0.25, 0.3) is 0 Å². The van der Waals surface area contributed by atoms with Crippen molar-refractivity contribution in [2.24, 2.45) is 0 Å². The van der Waals surface area contributed by atoms with Crippen LogP contribution in [0.15, 0.2) is 21.9 Å². The van der Waals surface area contributed by atoms with Gasteiger partial charge < -0.3 is 20.2 Å². The van der Waals surface area contributed by atoms with Crippen LogP contribution in [0.2, 0.25) is 0 Å². The molecule has 2 amide bonds. The summed E-state index contributed by atoms with van der Waals surface area (Å²) >= 11 is 1.61. The van der Waals surface area contributed by atoms with Crippen molar-refractivity contribution in [2.75, 3.05) is 6.54 Å². The Morgan fingerprint density at radius 3 is 2.64 bits per heavy atom. The topological polar surface area (TPSA) is 74.5 Å². The van der Waals surface area contributed by atoms with Gasteiger partial charge in [0, 0.05) is 10.4 Å². The zero-order chi connectivity index (χ0) is 16.3. The van der Waals surface area contributed by atoms with Crippen molar-refractivity contribution in [1.82, 2.24) is 10.6 Å². The summed E-state index contributed by atoms with van der Waals surface area (Å²) in [4.78, 5) is 13.0. The molecule has 0 aromatic carbocycles. The third-order valence-electron chi connectivity index (χ3n) is 3.59. The predicted molar refractivity (Wildman–Crippen MR) is 87.0 cm³/mol. The first kappa shape index (κ1) is 16.6. The van der Waals surface area contributed by atoms with Gasteiger partial charge in [0.15, 0.2) is 0 Å². The first-order valence-corrected chi connectivity index (χ1v) is 8.02. The second kappa shape index (κ2) is 6.54. The number of rotatable bonds is 5. The first-order chi connectivity index (χ1) is 10.3. The minimum Gasteiger partial charge on any atom is -0.466 e. The summed E-state index contributed by atoms with van der Waals surface area (Å²) in [7, 11) is 0. The Bertz CT molecular complexity index is 658. The molecule has 0 aliphatic heterocycles. The molecule has 0 radical (unpaired) electrons. The van der Waals surface area contributed by atoms with Crippen LogP contribution in [0.1, 0.15) is 34.4 Å². The number of furan rings is 1. The van der Waals surface area contributed by atoms with Gasteiger partial charge in [-0.1, -0.05) is 0 Å². The molecule has 0 saturated carbocycles. The average Bonchev–Trinajstić information content (AvgIpc) is 3.00. The molecule has 0 fully saturated rings. The molecule has 0 aliphatic rings. The third-order valence-corrected chi connectivity index (χ3v) is 4.62. The molecule has 1 atom stereocenters. The van der Waals surface area contributed by atoms with E-state index >= 15 is 0 Å². The van der Waals surface area contributed by atoms with Crippen molar-refractivity contribution < 1.29 is 14.3 Å². The van der Waals surface area contributed by atoms with E-state index in [0.29, 0.717) is 17.9 Å². The van der Waals surface area contributed by atoms with Crippen molar-refractivity contribution in [2.45, 2.75) is 39.8 Å². The highest BCUT2D eigenvalue weighted by atomic mass is 32.1. The van der Waals surface area contributed by atoms with Crippen LogP contribution >= 0.6 is 11.3 Å². The molecule has 0 bridgehead atoms. The molecular weight excluding hydrogens is 300 g/mol. The van der Waals surface area contributed by atoms with Gasteiger partial charge in [-0.3, -0.25) is 0 Å². The lowest BCUT2D eigenvalue weighted by Gasteiger charge is -2.23. The standard InChI is InChI=1S/C16H22N2O3S/c1-10-5-6-22-14(10)8-17-15(19)18-9-16(4,20)13-7-11(2)21-12(13)3/h5-7,20H,8-9H2,1-4H3,(H2,17,18,19). The van der Waals surface area contributed by atoms with E-state index in [1.807, 2.05) is 25.3 Å². The van der Waals surface area contributed by atoms with Crippen LogP contribution in [0.25, 0.3) is 0 Å². The molecule has 22 heavy (non-hydrogen) atoms. The zero-order valence-corrected chi connectivity index (χ0v) is 14.1. The van der Waals surface area contributed by atoms with Crippen LogP contribution in [0.3, 0.4) is 0 Å². The van der Waals surface area contributed by atoms with Crippen molar-refractivity contribution >= 4 is 17.4 Å². The lowest BCUT2D eigenvalue weighted by Crippen LogP contribution is -2.43. The van der Waals surface area contributed by atoms with E-state index in [4.69, 9.17) is 4.42 Å². The molecule has 1 unspecified atom stereocenters. The van der Waals surface area contributed by atoms with E-state index in [2.05, 4.69) is 10.6 Å². The molecule has 0 aliphatic carbocycles. The maximum atomic E-state index is 11.9. The van der Waals surface area contributed by atoms with E-state index in [9.17, 15) is 9.90 Å². The second-order valence-electron chi connectivity index (χ2n) is 5.66. The first-order valence-electron chi connectivity index (χ1n) is 7.14. The fourth-order valence-corrected chi connectivity index (χ4v) is 3.17. The number of aliphatic hydroxyl groups is 1. The Balaban J connectivity index is 1.87. The normalized spacial score (nSPS) is 13.7. The van der Waals surface area contributed by atoms with Crippen LogP contribution in [-0.2, 0) is 12.1 Å². The van der Waals surface area contributed by atoms with Crippen molar-refractivity contribution in [3.8, 4) is 0 Å². The van der Waals surface area contributed by atoms with Gasteiger partial charge in [-0.05, 0) is 50.8 Å². The molecule has 120 valence electrons. The van der Waals surface area contributed by atoms with Gasteiger partial charge in [-0.25, -0.2) is 4.79 Å². The minimum absolute atomic E-state index is 0.113. The van der Waals surface area contributed by atoms with E-state index in [-0.39, 0.29) is 12.6 Å². The second-order valence-corrected chi connectivity index (χ2v) is 6.66. The summed E-state index contributed by atoms with van der Waals surface area (Å²) < 4.78 is 5.43. The highest BCUT2D eigenvalue weighted by Crippen LogP contribution is 2.26. The van der Waals surface area contributed by atoms with Crippen LogP contribution < -0.4 is 10.6 Å². The lowest BCUT2D eigenvalue weighted by atomic mass is 9.96. The number of hydrogen-bond acceptors (Lipinski definition) is 4. The maximum Gasteiger partial charge on any atom is 0.315 e. The van der Waals surface area contributed by atoms with Gasteiger partial charge in [-0.15, -0.1) is 11.3 Å². The molecule has 3 N–H and O–H groups in total. The van der Waals surface area contributed by atoms with E-state index in [1.54, 1.807) is 31.3 Å². The van der Waals surface area contributed by atoms with Crippen molar-refractivity contribution in [3.63, 3.8) is 0 Å². The van der Waals surface area contributed by atoms with Crippen LogP contribution in [0.4, 0.5) is 4.79 Å². The lowest BCUT2D eigenvalue weighted by molar-refractivity contribution is 0.0579. The van der Waals surface area contributed by atoms with Crippen molar-refractivity contribution in [3.05, 3.63) is 45.0 Å². The number of urea groups is 1. The minimum atomic E-state index is -1.17. The highest BCUT2D eigenvalue weighted by molar-refractivity contribution is 7.10. The van der Waals surface area contributed by atoms with Crippen LogP contribution in [0.5, 0.6) is 0 Å². The molecular formula is C16H22N2O3S. The summed E-state index contributed by atoms with van der Waals surface area (Å²) in [6, 6.07) is 3.52. The van der Waals surface area contributed by atoms with Gasteiger partial charge in [-0.2, -0.15) is 0 Å². The number of carbonyl (C=O) groups is 1. The Hall–Kier alpha value is -1.79. The molecule has 0 spiro atoms. The van der Waals surface area contributed by atoms with Crippen molar-refractivity contribution in [1.29, 1.82) is 0 Å². The third kappa shape index (κ3) is 3.90. The van der Waals surface area contributed by atoms with E-state index in [1.165, 1.54) is 5.56 Å². The number of hydrogen-bond donors (Lipinski definition) is 3. The maximum absolute atomic E-state index is 11.9. The van der Waals surface area contributed by atoms with Gasteiger partial charge in [0.05, 0.1) is 13.1 Å². The van der Waals surface area contributed by atoms with Crippen LogP contribution in [-0.4, -0.2) is 17.7 Å². The zero-order valence-electron chi connectivity index (χ0n) is 13.3. The summed E-state index contributed by atoms with van der Waals surface area (Å²) in [5, 5.41) is 18.0. The SMILES string of the molecule is Cc1cc(C(C)(O)CNC(=O)NCc2sccc2C)c(C)o1. The fourth-order valence-electron chi connectivity index (χ4n) is 2.32. The number of aryl methyl sites for hydroxylation is 3. The van der Waals surface area contributed by atoms with Gasteiger partial charge >= 0.3 is 6.03 Å². The summed E-state index contributed by atoms with van der Waals surface area (Å²) in [6.07, 6.45) is 0. The molecule has 5 nitrogen and oxygen atoms in total. The number of thiophene rings is 1. The van der Waals surface area contributed by atoms with E-state index in [0.717, 1.165) is 10.6 Å². The Kier molecular flexibility index (Phi) is 4.93. The summed E-state index contributed by atoms with van der Waals surface area (Å²) in [5.74, 6) is 1.41.